The lowest BCUT2D eigenvalue weighted by atomic mass is 10.2. The Kier molecular flexibility index (Phi) is 6.78. The van der Waals surface area contributed by atoms with E-state index in [9.17, 15) is 13.2 Å². The summed E-state index contributed by atoms with van der Waals surface area (Å²) in [5.41, 5.74) is 5.29. The van der Waals surface area contributed by atoms with Crippen LogP contribution in [0.15, 0.2) is 17.2 Å². The Morgan fingerprint density at radius 2 is 2.05 bits per heavy atom. The second-order valence-electron chi connectivity index (χ2n) is 4.00. The third-order valence-corrected chi connectivity index (χ3v) is 3.27. The number of amides is 1. The molecule has 3 N–H and O–H groups in total. The maximum atomic E-state index is 11.4. The van der Waals surface area contributed by atoms with Crippen molar-refractivity contribution in [3.05, 3.63) is 17.7 Å². The second-order valence-corrected chi connectivity index (χ2v) is 5.96. The maximum Gasteiger partial charge on any atom is 0.248 e. The molecular formula is C11H18ClN3O3S. The predicted octanol–water partition coefficient (Wildman–Crippen LogP) is 1.22. The van der Waals surface area contributed by atoms with Crippen LogP contribution in [0.4, 0.5) is 5.82 Å². The predicted molar refractivity (Wildman–Crippen MR) is 76.5 cm³/mol. The van der Waals surface area contributed by atoms with Gasteiger partial charge >= 0.3 is 0 Å². The highest BCUT2D eigenvalue weighted by Crippen LogP contribution is 2.14. The molecule has 0 spiro atoms. The zero-order valence-corrected chi connectivity index (χ0v) is 12.5. The van der Waals surface area contributed by atoms with Gasteiger partial charge in [0.05, 0.1) is 0 Å². The maximum absolute atomic E-state index is 11.4. The first-order chi connectivity index (χ1) is 8.34. The molecule has 0 aliphatic rings. The van der Waals surface area contributed by atoms with Gasteiger partial charge in [-0.2, -0.15) is 0 Å². The summed E-state index contributed by atoms with van der Waals surface area (Å²) in [7, 11) is -3.47. The lowest BCUT2D eigenvalue weighted by Crippen LogP contribution is -2.15. The molecule has 0 saturated carbocycles. The van der Waals surface area contributed by atoms with Crippen molar-refractivity contribution in [1.82, 2.24) is 4.98 Å². The molecule has 0 unspecified atom stereocenters. The second kappa shape index (κ2) is 7.30. The topological polar surface area (TPSA) is 102 Å². The summed E-state index contributed by atoms with van der Waals surface area (Å²) in [5, 5.41) is 2.82. The van der Waals surface area contributed by atoms with Crippen molar-refractivity contribution in [2.24, 2.45) is 5.73 Å². The zero-order valence-electron chi connectivity index (χ0n) is 10.8. The van der Waals surface area contributed by atoms with E-state index in [-0.39, 0.29) is 23.0 Å². The van der Waals surface area contributed by atoms with Gasteiger partial charge in [0, 0.05) is 18.4 Å². The molecule has 1 heterocycles. The van der Waals surface area contributed by atoms with Crippen molar-refractivity contribution >= 4 is 34.0 Å². The van der Waals surface area contributed by atoms with Crippen LogP contribution in [0.25, 0.3) is 0 Å². The number of unbranched alkanes of at least 4 members (excludes halogenated alkanes) is 1. The molecule has 19 heavy (non-hydrogen) atoms. The number of primary amides is 1. The van der Waals surface area contributed by atoms with E-state index in [0.717, 1.165) is 19.1 Å². The fourth-order valence-corrected chi connectivity index (χ4v) is 1.93. The Bertz CT molecular complexity index is 546. The van der Waals surface area contributed by atoms with Crippen LogP contribution in [0.5, 0.6) is 0 Å². The SMILES string of the molecule is CCCCNc1cc(C(N)=O)cc(S(C)(=O)=O)n1.Cl. The van der Waals surface area contributed by atoms with E-state index in [1.165, 1.54) is 12.1 Å². The molecule has 0 aliphatic carbocycles. The molecule has 0 saturated heterocycles. The van der Waals surface area contributed by atoms with Crippen LogP contribution in [0.3, 0.4) is 0 Å². The largest absolute Gasteiger partial charge is 0.370 e. The van der Waals surface area contributed by atoms with E-state index >= 15 is 0 Å². The molecule has 0 bridgehead atoms. The van der Waals surface area contributed by atoms with Crippen LogP contribution in [0.1, 0.15) is 30.1 Å². The number of nitrogens with two attached hydrogens (primary N) is 1. The molecule has 108 valence electrons. The van der Waals surface area contributed by atoms with Gasteiger partial charge in [0.2, 0.25) is 5.91 Å². The fourth-order valence-electron chi connectivity index (χ4n) is 1.32. The molecule has 8 heteroatoms. The molecule has 0 fully saturated rings. The van der Waals surface area contributed by atoms with Crippen LogP contribution in [0, 0.1) is 0 Å². The highest BCUT2D eigenvalue weighted by molar-refractivity contribution is 7.90. The van der Waals surface area contributed by atoms with Gasteiger partial charge in [-0.25, -0.2) is 13.4 Å². The molecular weight excluding hydrogens is 290 g/mol. The summed E-state index contributed by atoms with van der Waals surface area (Å²) in [6.45, 7) is 2.70. The number of rotatable bonds is 6. The smallest absolute Gasteiger partial charge is 0.248 e. The molecule has 1 amide bonds. The van der Waals surface area contributed by atoms with Crippen molar-refractivity contribution < 1.29 is 13.2 Å². The summed E-state index contributed by atoms with van der Waals surface area (Å²) in [5.74, 6) is -0.332. The van der Waals surface area contributed by atoms with Gasteiger partial charge < -0.3 is 11.1 Å². The Morgan fingerprint density at radius 1 is 1.42 bits per heavy atom. The number of nitrogens with one attached hydrogen (secondary N) is 1. The lowest BCUT2D eigenvalue weighted by molar-refractivity contribution is 0.1000. The Morgan fingerprint density at radius 3 is 2.53 bits per heavy atom. The van der Waals surface area contributed by atoms with E-state index in [1.807, 2.05) is 6.92 Å². The van der Waals surface area contributed by atoms with Gasteiger partial charge in [0.15, 0.2) is 14.9 Å². The van der Waals surface area contributed by atoms with E-state index in [1.54, 1.807) is 0 Å². The molecule has 0 atom stereocenters. The number of hydrogen-bond donors (Lipinski definition) is 2. The Balaban J connectivity index is 0.00000324. The van der Waals surface area contributed by atoms with Gasteiger partial charge in [0.1, 0.15) is 5.82 Å². The molecule has 0 radical (unpaired) electrons. The average molecular weight is 308 g/mol. The number of sulfone groups is 1. The first-order valence-corrected chi connectivity index (χ1v) is 7.49. The first-order valence-electron chi connectivity index (χ1n) is 5.60. The van der Waals surface area contributed by atoms with Crippen LogP contribution in [-0.2, 0) is 9.84 Å². The average Bonchev–Trinajstić information content (AvgIpc) is 2.28. The van der Waals surface area contributed by atoms with Crippen LogP contribution >= 0.6 is 12.4 Å². The number of aromatic nitrogens is 1. The number of halogens is 1. The van der Waals surface area contributed by atoms with Gasteiger partial charge in [-0.15, -0.1) is 12.4 Å². The third-order valence-electron chi connectivity index (χ3n) is 2.30. The summed E-state index contributed by atoms with van der Waals surface area (Å²) >= 11 is 0. The van der Waals surface area contributed by atoms with E-state index in [4.69, 9.17) is 5.73 Å². The van der Waals surface area contributed by atoms with Crippen molar-refractivity contribution in [3.8, 4) is 0 Å². The zero-order chi connectivity index (χ0) is 13.8. The number of hydrogen-bond acceptors (Lipinski definition) is 5. The van der Waals surface area contributed by atoms with Gasteiger partial charge in [0.25, 0.3) is 0 Å². The summed E-state index contributed by atoms with van der Waals surface area (Å²) in [6.07, 6.45) is 2.97. The van der Waals surface area contributed by atoms with Gasteiger partial charge in [-0.05, 0) is 18.6 Å². The monoisotopic (exact) mass is 307 g/mol. The third kappa shape index (κ3) is 5.44. The van der Waals surface area contributed by atoms with Crippen molar-refractivity contribution in [2.75, 3.05) is 18.1 Å². The molecule has 1 aromatic heterocycles. The molecule has 0 aliphatic heterocycles. The number of nitrogens with zero attached hydrogens (tertiary/aromatic N) is 1. The molecule has 1 aromatic rings. The quantitative estimate of drug-likeness (QED) is 0.769. The molecule has 6 nitrogen and oxygen atoms in total. The highest BCUT2D eigenvalue weighted by Gasteiger charge is 2.14. The molecule has 0 aromatic carbocycles. The summed E-state index contributed by atoms with van der Waals surface area (Å²) in [6, 6.07) is 2.63. The summed E-state index contributed by atoms with van der Waals surface area (Å²) < 4.78 is 22.9. The Labute approximate surface area is 119 Å². The standard InChI is InChI=1S/C11H17N3O3S.ClH/c1-3-4-5-13-9-6-8(11(12)15)7-10(14-9)18(2,16)17;/h6-7H,3-5H2,1-2H3,(H2,12,15)(H,13,14);1H. The minimum absolute atomic E-state index is 0. The number of carbonyl (C=O) groups is 1. The van der Waals surface area contributed by atoms with E-state index in [2.05, 4.69) is 10.3 Å². The normalized spacial score (nSPS) is 10.6. The minimum Gasteiger partial charge on any atom is -0.370 e. The first kappa shape index (κ1) is 17.7. The highest BCUT2D eigenvalue weighted by atomic mass is 35.5. The number of anilines is 1. The van der Waals surface area contributed by atoms with Crippen molar-refractivity contribution in [3.63, 3.8) is 0 Å². The van der Waals surface area contributed by atoms with Crippen LogP contribution in [0.2, 0.25) is 0 Å². The van der Waals surface area contributed by atoms with Gasteiger partial charge in [-0.1, -0.05) is 13.3 Å². The minimum atomic E-state index is -3.47. The van der Waals surface area contributed by atoms with Crippen LogP contribution < -0.4 is 11.1 Å². The van der Waals surface area contributed by atoms with Crippen molar-refractivity contribution in [2.45, 2.75) is 24.8 Å². The number of carbonyl (C=O) groups excluding carboxylic acids is 1. The van der Waals surface area contributed by atoms with Crippen LogP contribution in [-0.4, -0.2) is 32.1 Å². The number of pyridine rings is 1. The van der Waals surface area contributed by atoms with Gasteiger partial charge in [-0.3, -0.25) is 4.79 Å². The van der Waals surface area contributed by atoms with E-state index in [0.29, 0.717) is 12.4 Å². The fraction of sp³-hybridized carbons (Fsp3) is 0.455. The Hall–Kier alpha value is -1.34. The molecule has 1 rings (SSSR count). The lowest BCUT2D eigenvalue weighted by Gasteiger charge is -2.08. The van der Waals surface area contributed by atoms with E-state index < -0.39 is 15.7 Å². The summed E-state index contributed by atoms with van der Waals surface area (Å²) in [4.78, 5) is 15.1. The van der Waals surface area contributed by atoms with Crippen molar-refractivity contribution in [1.29, 1.82) is 0 Å².